The van der Waals surface area contributed by atoms with E-state index in [1.54, 1.807) is 12.1 Å². The number of nitrogens with zero attached hydrogens (tertiary/aromatic N) is 1. The van der Waals surface area contributed by atoms with E-state index in [1.807, 2.05) is 48.3 Å². The SMILES string of the molecule is CCc1ccccc1CCNC(=O)CN(C)C(c1ccccc1)c1ccc(F)cc1. The highest BCUT2D eigenvalue weighted by atomic mass is 19.1. The minimum absolute atomic E-state index is 0.0190. The Morgan fingerprint density at radius 1 is 0.900 bits per heavy atom. The first-order valence-electron chi connectivity index (χ1n) is 10.4. The first kappa shape index (κ1) is 21.7. The van der Waals surface area contributed by atoms with Crippen molar-refractivity contribution < 1.29 is 9.18 Å². The van der Waals surface area contributed by atoms with E-state index < -0.39 is 0 Å². The van der Waals surface area contributed by atoms with Crippen LogP contribution in [0.2, 0.25) is 0 Å². The molecule has 1 N–H and O–H groups in total. The summed E-state index contributed by atoms with van der Waals surface area (Å²) < 4.78 is 13.4. The highest BCUT2D eigenvalue weighted by Gasteiger charge is 2.21. The van der Waals surface area contributed by atoms with E-state index in [2.05, 4.69) is 30.4 Å². The van der Waals surface area contributed by atoms with Crippen LogP contribution in [0.3, 0.4) is 0 Å². The second-order valence-corrected chi connectivity index (χ2v) is 7.50. The lowest BCUT2D eigenvalue weighted by molar-refractivity contribution is -0.122. The van der Waals surface area contributed by atoms with Crippen LogP contribution >= 0.6 is 0 Å². The Kier molecular flexibility index (Phi) is 7.75. The van der Waals surface area contributed by atoms with Crippen molar-refractivity contribution in [2.75, 3.05) is 20.1 Å². The molecule has 1 unspecified atom stereocenters. The van der Waals surface area contributed by atoms with Crippen molar-refractivity contribution in [2.24, 2.45) is 0 Å². The molecule has 0 heterocycles. The zero-order valence-corrected chi connectivity index (χ0v) is 17.6. The molecule has 30 heavy (non-hydrogen) atoms. The summed E-state index contributed by atoms with van der Waals surface area (Å²) >= 11 is 0. The fraction of sp³-hybridized carbons (Fsp3) is 0.269. The fourth-order valence-corrected chi connectivity index (χ4v) is 3.84. The van der Waals surface area contributed by atoms with Gasteiger partial charge in [-0.25, -0.2) is 4.39 Å². The van der Waals surface area contributed by atoms with Gasteiger partial charge in [0, 0.05) is 6.54 Å². The molecule has 0 fully saturated rings. The van der Waals surface area contributed by atoms with Crippen molar-refractivity contribution in [3.63, 3.8) is 0 Å². The van der Waals surface area contributed by atoms with Crippen molar-refractivity contribution in [1.29, 1.82) is 0 Å². The molecule has 0 spiro atoms. The molecule has 3 nitrogen and oxygen atoms in total. The Hall–Kier alpha value is -2.98. The summed E-state index contributed by atoms with van der Waals surface area (Å²) in [5, 5.41) is 3.04. The number of hydrogen-bond acceptors (Lipinski definition) is 2. The van der Waals surface area contributed by atoms with Gasteiger partial charge < -0.3 is 5.32 Å². The number of carbonyl (C=O) groups excluding carboxylic acids is 1. The predicted octanol–water partition coefficient (Wildman–Crippen LogP) is 4.77. The van der Waals surface area contributed by atoms with Crippen LogP contribution in [0.1, 0.15) is 35.2 Å². The highest BCUT2D eigenvalue weighted by molar-refractivity contribution is 5.78. The number of nitrogens with one attached hydrogen (secondary N) is 1. The molecular formula is C26H29FN2O. The molecule has 3 aromatic carbocycles. The molecule has 0 aliphatic heterocycles. The lowest BCUT2D eigenvalue weighted by Gasteiger charge is -2.28. The molecule has 0 aliphatic carbocycles. The third-order valence-electron chi connectivity index (χ3n) is 5.35. The van der Waals surface area contributed by atoms with Gasteiger partial charge in [0.05, 0.1) is 12.6 Å². The molecule has 3 aromatic rings. The Morgan fingerprint density at radius 2 is 1.50 bits per heavy atom. The van der Waals surface area contributed by atoms with Gasteiger partial charge in [0.1, 0.15) is 5.82 Å². The van der Waals surface area contributed by atoms with Crippen LogP contribution in [0, 0.1) is 5.82 Å². The molecule has 3 rings (SSSR count). The molecule has 0 radical (unpaired) electrons. The van der Waals surface area contributed by atoms with E-state index in [0.717, 1.165) is 24.0 Å². The van der Waals surface area contributed by atoms with Crippen LogP contribution in [-0.4, -0.2) is 30.9 Å². The lowest BCUT2D eigenvalue weighted by Crippen LogP contribution is -2.38. The molecule has 0 saturated heterocycles. The maximum Gasteiger partial charge on any atom is 0.234 e. The smallest absolute Gasteiger partial charge is 0.234 e. The molecular weight excluding hydrogens is 375 g/mol. The Labute approximate surface area is 178 Å². The average molecular weight is 405 g/mol. The van der Waals surface area contributed by atoms with E-state index in [-0.39, 0.29) is 24.3 Å². The second kappa shape index (κ2) is 10.7. The van der Waals surface area contributed by atoms with Gasteiger partial charge in [0.15, 0.2) is 0 Å². The van der Waals surface area contributed by atoms with E-state index in [0.29, 0.717) is 6.54 Å². The third kappa shape index (κ3) is 5.77. The molecule has 1 atom stereocenters. The highest BCUT2D eigenvalue weighted by Crippen LogP contribution is 2.27. The van der Waals surface area contributed by atoms with E-state index >= 15 is 0 Å². The molecule has 156 valence electrons. The maximum absolute atomic E-state index is 13.4. The zero-order chi connectivity index (χ0) is 21.3. The van der Waals surface area contributed by atoms with Gasteiger partial charge in [0.2, 0.25) is 5.91 Å². The summed E-state index contributed by atoms with van der Waals surface area (Å²) in [7, 11) is 1.92. The Morgan fingerprint density at radius 3 is 2.17 bits per heavy atom. The van der Waals surface area contributed by atoms with Crippen molar-refractivity contribution in [1.82, 2.24) is 10.2 Å². The molecule has 0 aliphatic rings. The fourth-order valence-electron chi connectivity index (χ4n) is 3.84. The summed E-state index contributed by atoms with van der Waals surface area (Å²) in [5.41, 5.74) is 4.62. The van der Waals surface area contributed by atoms with Crippen LogP contribution in [0.5, 0.6) is 0 Å². The summed E-state index contributed by atoms with van der Waals surface area (Å²) in [6.45, 7) is 3.01. The van der Waals surface area contributed by atoms with Crippen molar-refractivity contribution in [2.45, 2.75) is 25.8 Å². The molecule has 4 heteroatoms. The number of aryl methyl sites for hydroxylation is 1. The van der Waals surface area contributed by atoms with Crippen LogP contribution < -0.4 is 5.32 Å². The van der Waals surface area contributed by atoms with Gasteiger partial charge in [0.25, 0.3) is 0 Å². The zero-order valence-electron chi connectivity index (χ0n) is 17.6. The van der Waals surface area contributed by atoms with Crippen LogP contribution in [0.25, 0.3) is 0 Å². The largest absolute Gasteiger partial charge is 0.355 e. The van der Waals surface area contributed by atoms with Crippen molar-refractivity contribution >= 4 is 5.91 Å². The van der Waals surface area contributed by atoms with Gasteiger partial charge in [-0.1, -0.05) is 73.7 Å². The topological polar surface area (TPSA) is 32.3 Å². The number of likely N-dealkylation sites (N-methyl/N-ethyl adjacent to an activating group) is 1. The average Bonchev–Trinajstić information content (AvgIpc) is 2.76. The standard InChI is InChI=1S/C26H29FN2O/c1-3-20-9-7-8-10-21(20)17-18-28-25(30)19-29(2)26(22-11-5-4-6-12-22)23-13-15-24(27)16-14-23/h4-16,26H,3,17-19H2,1-2H3,(H,28,30). The maximum atomic E-state index is 13.4. The lowest BCUT2D eigenvalue weighted by atomic mass is 9.97. The number of benzene rings is 3. The van der Waals surface area contributed by atoms with E-state index in [9.17, 15) is 9.18 Å². The van der Waals surface area contributed by atoms with E-state index in [1.165, 1.54) is 23.3 Å². The van der Waals surface area contributed by atoms with Gasteiger partial charge in [-0.2, -0.15) is 0 Å². The number of hydrogen-bond donors (Lipinski definition) is 1. The summed E-state index contributed by atoms with van der Waals surface area (Å²) in [5.74, 6) is -0.284. The van der Waals surface area contributed by atoms with Crippen molar-refractivity contribution in [3.05, 3.63) is 107 Å². The van der Waals surface area contributed by atoms with Gasteiger partial charge >= 0.3 is 0 Å². The molecule has 0 aromatic heterocycles. The van der Waals surface area contributed by atoms with Crippen LogP contribution in [-0.2, 0) is 17.6 Å². The summed E-state index contributed by atoms with van der Waals surface area (Å²) in [6, 6.07) is 24.7. The van der Waals surface area contributed by atoms with Gasteiger partial charge in [-0.3, -0.25) is 9.69 Å². The number of carbonyl (C=O) groups is 1. The van der Waals surface area contributed by atoms with Crippen LogP contribution in [0.15, 0.2) is 78.9 Å². The minimum atomic E-state index is -0.265. The number of rotatable bonds is 9. The molecule has 0 bridgehead atoms. The second-order valence-electron chi connectivity index (χ2n) is 7.50. The van der Waals surface area contributed by atoms with Gasteiger partial charge in [-0.05, 0) is 54.3 Å². The number of amides is 1. The Bertz CT molecular complexity index is 941. The summed E-state index contributed by atoms with van der Waals surface area (Å²) in [6.07, 6.45) is 1.81. The third-order valence-corrected chi connectivity index (χ3v) is 5.35. The Balaban J connectivity index is 1.64. The minimum Gasteiger partial charge on any atom is -0.355 e. The molecule has 0 saturated carbocycles. The monoisotopic (exact) mass is 404 g/mol. The van der Waals surface area contributed by atoms with Crippen LogP contribution in [0.4, 0.5) is 4.39 Å². The number of halogens is 1. The quantitative estimate of drug-likeness (QED) is 0.557. The summed E-state index contributed by atoms with van der Waals surface area (Å²) in [4.78, 5) is 14.6. The first-order chi connectivity index (χ1) is 14.6. The van der Waals surface area contributed by atoms with E-state index in [4.69, 9.17) is 0 Å². The van der Waals surface area contributed by atoms with Gasteiger partial charge in [-0.15, -0.1) is 0 Å². The normalized spacial score (nSPS) is 12.0. The van der Waals surface area contributed by atoms with Crippen molar-refractivity contribution in [3.8, 4) is 0 Å². The first-order valence-corrected chi connectivity index (χ1v) is 10.4. The molecule has 1 amide bonds. The predicted molar refractivity (Wildman–Crippen MR) is 120 cm³/mol.